The predicted molar refractivity (Wildman–Crippen MR) is 74.7 cm³/mol. The van der Waals surface area contributed by atoms with E-state index < -0.39 is 0 Å². The highest BCUT2D eigenvalue weighted by Gasteiger charge is 2.09. The summed E-state index contributed by atoms with van der Waals surface area (Å²) < 4.78 is 5.66. The number of imidazole rings is 1. The Morgan fingerprint density at radius 2 is 2.05 bits per heavy atom. The number of aromatic nitrogens is 5. The molecule has 6 nitrogen and oxygen atoms in total. The molecule has 3 rings (SSSR count). The Balaban J connectivity index is 1.61. The predicted octanol–water partition coefficient (Wildman–Crippen LogP) is 2.41. The van der Waals surface area contributed by atoms with E-state index in [1.807, 2.05) is 12.1 Å². The first-order valence-corrected chi connectivity index (χ1v) is 6.59. The number of pyridine rings is 1. The van der Waals surface area contributed by atoms with Gasteiger partial charge in [0.1, 0.15) is 5.52 Å². The number of hydrogen-bond acceptors (Lipinski definition) is 5. The van der Waals surface area contributed by atoms with Gasteiger partial charge in [0, 0.05) is 12.4 Å². The van der Waals surface area contributed by atoms with Gasteiger partial charge in [0.25, 0.3) is 0 Å². The lowest BCUT2D eigenvalue weighted by Gasteiger charge is -2.06. The van der Waals surface area contributed by atoms with Gasteiger partial charge in [0.15, 0.2) is 5.65 Å². The van der Waals surface area contributed by atoms with Crippen LogP contribution in [0.3, 0.4) is 0 Å². The maximum Gasteiger partial charge on any atom is 0.244 e. The number of ether oxygens (including phenoxy) is 1. The molecule has 0 bridgehead atoms. The Labute approximate surface area is 120 Å². The van der Waals surface area contributed by atoms with E-state index in [2.05, 4.69) is 24.9 Å². The van der Waals surface area contributed by atoms with E-state index in [-0.39, 0.29) is 5.28 Å². The molecule has 102 valence electrons. The minimum absolute atomic E-state index is 0.133. The van der Waals surface area contributed by atoms with Crippen LogP contribution in [0.15, 0.2) is 30.9 Å². The minimum atomic E-state index is 0.133. The van der Waals surface area contributed by atoms with Crippen LogP contribution in [0.5, 0.6) is 5.88 Å². The number of halogens is 1. The smallest absolute Gasteiger partial charge is 0.244 e. The molecule has 0 saturated heterocycles. The molecule has 0 spiro atoms. The lowest BCUT2D eigenvalue weighted by atomic mass is 10.1. The molecule has 20 heavy (non-hydrogen) atoms. The van der Waals surface area contributed by atoms with Gasteiger partial charge in [-0.3, -0.25) is 4.98 Å². The van der Waals surface area contributed by atoms with Crippen molar-refractivity contribution in [2.24, 2.45) is 0 Å². The zero-order valence-electron chi connectivity index (χ0n) is 10.6. The van der Waals surface area contributed by atoms with Crippen molar-refractivity contribution in [3.63, 3.8) is 0 Å². The summed E-state index contributed by atoms with van der Waals surface area (Å²) in [5, 5.41) is 0.133. The van der Waals surface area contributed by atoms with Gasteiger partial charge in [-0.15, -0.1) is 0 Å². The van der Waals surface area contributed by atoms with E-state index >= 15 is 0 Å². The van der Waals surface area contributed by atoms with Gasteiger partial charge < -0.3 is 9.72 Å². The van der Waals surface area contributed by atoms with Gasteiger partial charge in [-0.2, -0.15) is 9.97 Å². The zero-order chi connectivity index (χ0) is 13.8. The number of H-pyrrole nitrogens is 1. The number of aryl methyl sites for hydroxylation is 1. The minimum Gasteiger partial charge on any atom is -0.476 e. The Morgan fingerprint density at radius 3 is 2.90 bits per heavy atom. The molecule has 0 aliphatic rings. The highest BCUT2D eigenvalue weighted by atomic mass is 35.5. The van der Waals surface area contributed by atoms with Crippen molar-refractivity contribution in [1.82, 2.24) is 24.9 Å². The van der Waals surface area contributed by atoms with Crippen molar-refractivity contribution >= 4 is 22.8 Å². The molecule has 0 saturated carbocycles. The van der Waals surface area contributed by atoms with Crippen LogP contribution in [0.25, 0.3) is 11.2 Å². The van der Waals surface area contributed by atoms with E-state index in [1.54, 1.807) is 18.7 Å². The van der Waals surface area contributed by atoms with Gasteiger partial charge >= 0.3 is 0 Å². The third kappa shape index (κ3) is 2.85. The summed E-state index contributed by atoms with van der Waals surface area (Å²) >= 11 is 5.83. The summed E-state index contributed by atoms with van der Waals surface area (Å²) in [4.78, 5) is 19.0. The molecule has 0 aliphatic carbocycles. The summed E-state index contributed by atoms with van der Waals surface area (Å²) in [5.41, 5.74) is 2.41. The topological polar surface area (TPSA) is 76.6 Å². The molecule has 0 amide bonds. The van der Waals surface area contributed by atoms with Gasteiger partial charge in [0.2, 0.25) is 11.2 Å². The third-order valence-electron chi connectivity index (χ3n) is 2.82. The normalized spacial score (nSPS) is 10.8. The second kappa shape index (κ2) is 5.83. The molecular weight excluding hydrogens is 278 g/mol. The van der Waals surface area contributed by atoms with E-state index in [0.717, 1.165) is 12.8 Å². The van der Waals surface area contributed by atoms with E-state index in [4.69, 9.17) is 16.3 Å². The fraction of sp³-hybridized carbons (Fsp3) is 0.231. The standard InChI is InChI=1S/C13H12ClN5O/c14-13-18-11-10(16-8-17-11)12(19-13)20-7-1-2-9-3-5-15-6-4-9/h3-6,8H,1-2,7H2,(H,16,17,18,19). The summed E-state index contributed by atoms with van der Waals surface area (Å²) in [7, 11) is 0. The summed E-state index contributed by atoms with van der Waals surface area (Å²) in [6.45, 7) is 0.545. The lowest BCUT2D eigenvalue weighted by Crippen LogP contribution is -2.02. The van der Waals surface area contributed by atoms with Crippen LogP contribution in [0.2, 0.25) is 5.28 Å². The van der Waals surface area contributed by atoms with Gasteiger partial charge in [-0.25, -0.2) is 4.98 Å². The molecule has 0 unspecified atom stereocenters. The quantitative estimate of drug-likeness (QED) is 0.576. The second-order valence-electron chi connectivity index (χ2n) is 4.21. The maximum absolute atomic E-state index is 5.83. The monoisotopic (exact) mass is 289 g/mol. The summed E-state index contributed by atoms with van der Waals surface area (Å²) in [6, 6.07) is 3.99. The third-order valence-corrected chi connectivity index (χ3v) is 2.99. The molecular formula is C13H12ClN5O. The first-order valence-electron chi connectivity index (χ1n) is 6.21. The summed E-state index contributed by atoms with van der Waals surface area (Å²) in [5.74, 6) is 0.437. The second-order valence-corrected chi connectivity index (χ2v) is 4.54. The van der Waals surface area contributed by atoms with Crippen LogP contribution in [-0.4, -0.2) is 31.5 Å². The van der Waals surface area contributed by atoms with E-state index in [1.165, 1.54) is 5.56 Å². The Morgan fingerprint density at radius 1 is 1.20 bits per heavy atom. The number of rotatable bonds is 5. The molecule has 0 fully saturated rings. The van der Waals surface area contributed by atoms with Crippen LogP contribution in [-0.2, 0) is 6.42 Å². The fourth-order valence-electron chi connectivity index (χ4n) is 1.88. The molecule has 0 atom stereocenters. The highest BCUT2D eigenvalue weighted by Crippen LogP contribution is 2.20. The Hall–Kier alpha value is -2.21. The highest BCUT2D eigenvalue weighted by molar-refractivity contribution is 6.28. The first-order chi connectivity index (χ1) is 9.83. The molecule has 0 aliphatic heterocycles. The van der Waals surface area contributed by atoms with Gasteiger partial charge in [0.05, 0.1) is 12.9 Å². The average Bonchev–Trinajstić information content (AvgIpc) is 2.92. The van der Waals surface area contributed by atoms with Crippen LogP contribution in [0, 0.1) is 0 Å². The van der Waals surface area contributed by atoms with Gasteiger partial charge in [-0.1, -0.05) is 0 Å². The number of fused-ring (bicyclic) bond motifs is 1. The molecule has 3 heterocycles. The van der Waals surface area contributed by atoms with Crippen molar-refractivity contribution < 1.29 is 4.74 Å². The number of nitrogens with one attached hydrogen (secondary N) is 1. The van der Waals surface area contributed by atoms with Crippen molar-refractivity contribution in [2.75, 3.05) is 6.61 Å². The SMILES string of the molecule is Clc1nc(OCCCc2ccncc2)c2[nH]cnc2n1. The van der Waals surface area contributed by atoms with E-state index in [0.29, 0.717) is 23.7 Å². The van der Waals surface area contributed by atoms with Crippen LogP contribution < -0.4 is 4.74 Å². The molecule has 0 radical (unpaired) electrons. The molecule has 3 aromatic rings. The lowest BCUT2D eigenvalue weighted by molar-refractivity contribution is 0.302. The summed E-state index contributed by atoms with van der Waals surface area (Å²) in [6.07, 6.45) is 6.91. The molecule has 7 heteroatoms. The fourth-order valence-corrected chi connectivity index (χ4v) is 2.04. The number of nitrogens with zero attached hydrogens (tertiary/aromatic N) is 4. The van der Waals surface area contributed by atoms with Crippen molar-refractivity contribution in [3.05, 3.63) is 41.7 Å². The largest absolute Gasteiger partial charge is 0.476 e. The molecule has 1 N–H and O–H groups in total. The van der Waals surface area contributed by atoms with Crippen LogP contribution >= 0.6 is 11.6 Å². The van der Waals surface area contributed by atoms with Crippen LogP contribution in [0.4, 0.5) is 0 Å². The maximum atomic E-state index is 5.83. The average molecular weight is 290 g/mol. The number of hydrogen-bond donors (Lipinski definition) is 1. The van der Waals surface area contributed by atoms with Crippen molar-refractivity contribution in [2.45, 2.75) is 12.8 Å². The zero-order valence-corrected chi connectivity index (χ0v) is 11.3. The Kier molecular flexibility index (Phi) is 3.73. The molecule has 0 aromatic carbocycles. The van der Waals surface area contributed by atoms with Crippen molar-refractivity contribution in [1.29, 1.82) is 0 Å². The Bertz CT molecular complexity index is 700. The van der Waals surface area contributed by atoms with Crippen LogP contribution in [0.1, 0.15) is 12.0 Å². The van der Waals surface area contributed by atoms with Gasteiger partial charge in [-0.05, 0) is 42.1 Å². The molecule has 3 aromatic heterocycles. The number of aromatic amines is 1. The first kappa shape index (κ1) is 12.8. The van der Waals surface area contributed by atoms with Crippen molar-refractivity contribution in [3.8, 4) is 5.88 Å². The van der Waals surface area contributed by atoms with E-state index in [9.17, 15) is 0 Å².